The minimum absolute atomic E-state index is 0.136. The number of aromatic nitrogens is 1. The van der Waals surface area contributed by atoms with Crippen LogP contribution in [0.5, 0.6) is 0 Å². The van der Waals surface area contributed by atoms with Crippen molar-refractivity contribution in [3.63, 3.8) is 0 Å². The van der Waals surface area contributed by atoms with Crippen molar-refractivity contribution in [3.05, 3.63) is 27.5 Å². The quantitative estimate of drug-likeness (QED) is 0.816. The van der Waals surface area contributed by atoms with Crippen molar-refractivity contribution in [2.45, 2.75) is 45.6 Å². The second-order valence-electron chi connectivity index (χ2n) is 5.90. The van der Waals surface area contributed by atoms with Crippen LogP contribution >= 0.6 is 27.5 Å². The van der Waals surface area contributed by atoms with Gasteiger partial charge in [-0.15, -0.1) is 0 Å². The maximum absolute atomic E-state index is 12.2. The largest absolute Gasteiger partial charge is 0.349 e. The van der Waals surface area contributed by atoms with Gasteiger partial charge in [0.25, 0.3) is 5.91 Å². The Labute approximate surface area is 127 Å². The van der Waals surface area contributed by atoms with Crippen molar-refractivity contribution in [2.75, 3.05) is 0 Å². The zero-order valence-corrected chi connectivity index (χ0v) is 13.5. The molecule has 0 saturated heterocycles. The summed E-state index contributed by atoms with van der Waals surface area (Å²) in [5, 5.41) is 3.30. The zero-order chi connectivity index (χ0) is 14.0. The van der Waals surface area contributed by atoms with E-state index in [0.29, 0.717) is 11.0 Å². The molecule has 0 unspecified atom stereocenters. The maximum Gasteiger partial charge on any atom is 0.254 e. The molecule has 0 aliphatic heterocycles. The van der Waals surface area contributed by atoms with Gasteiger partial charge < -0.3 is 5.32 Å². The summed E-state index contributed by atoms with van der Waals surface area (Å²) >= 11 is 9.26. The number of pyridine rings is 1. The van der Waals surface area contributed by atoms with Crippen LogP contribution in [0.1, 0.15) is 49.9 Å². The minimum atomic E-state index is -0.136. The lowest BCUT2D eigenvalue weighted by molar-refractivity contribution is 0.0909. The molecule has 1 heterocycles. The standard InChI is InChI=1S/C14H18BrClN2O/c1-14(2)5-3-10(4-6-14)18-13(19)11-7-9(15)8-17-12(11)16/h7-8,10H,3-6H2,1-2H3,(H,18,19). The fraction of sp³-hybridized carbons (Fsp3) is 0.571. The highest BCUT2D eigenvalue weighted by Crippen LogP contribution is 2.35. The normalized spacial score (nSPS) is 19.2. The van der Waals surface area contributed by atoms with Gasteiger partial charge in [0.05, 0.1) is 5.56 Å². The lowest BCUT2D eigenvalue weighted by atomic mass is 9.75. The maximum atomic E-state index is 12.2. The second-order valence-corrected chi connectivity index (χ2v) is 7.18. The highest BCUT2D eigenvalue weighted by molar-refractivity contribution is 9.10. The molecule has 1 aliphatic carbocycles. The van der Waals surface area contributed by atoms with E-state index in [-0.39, 0.29) is 17.1 Å². The number of halogens is 2. The van der Waals surface area contributed by atoms with Crippen LogP contribution in [0, 0.1) is 5.41 Å². The van der Waals surface area contributed by atoms with Crippen LogP contribution < -0.4 is 5.32 Å². The highest BCUT2D eigenvalue weighted by atomic mass is 79.9. The fourth-order valence-electron chi connectivity index (χ4n) is 2.39. The Morgan fingerprint density at radius 1 is 1.47 bits per heavy atom. The number of carbonyl (C=O) groups is 1. The third-order valence-electron chi connectivity index (χ3n) is 3.72. The molecule has 3 nitrogen and oxygen atoms in total. The molecule has 0 radical (unpaired) electrons. The summed E-state index contributed by atoms with van der Waals surface area (Å²) in [5.41, 5.74) is 0.830. The first kappa shape index (κ1) is 14.8. The number of nitrogens with one attached hydrogen (secondary N) is 1. The zero-order valence-electron chi connectivity index (χ0n) is 11.2. The van der Waals surface area contributed by atoms with Crippen molar-refractivity contribution in [1.82, 2.24) is 10.3 Å². The van der Waals surface area contributed by atoms with E-state index in [4.69, 9.17) is 11.6 Å². The highest BCUT2D eigenvalue weighted by Gasteiger charge is 2.28. The van der Waals surface area contributed by atoms with E-state index in [2.05, 4.69) is 40.1 Å². The molecule has 104 valence electrons. The van der Waals surface area contributed by atoms with Crippen molar-refractivity contribution in [1.29, 1.82) is 0 Å². The first-order valence-electron chi connectivity index (χ1n) is 6.49. The molecule has 0 aromatic carbocycles. The number of hydrogen-bond acceptors (Lipinski definition) is 2. The van der Waals surface area contributed by atoms with Gasteiger partial charge in [-0.1, -0.05) is 25.4 Å². The van der Waals surface area contributed by atoms with Gasteiger partial charge in [0, 0.05) is 16.7 Å². The van der Waals surface area contributed by atoms with Crippen LogP contribution in [0.4, 0.5) is 0 Å². The van der Waals surface area contributed by atoms with E-state index < -0.39 is 0 Å². The van der Waals surface area contributed by atoms with Crippen molar-refractivity contribution in [2.24, 2.45) is 5.41 Å². The van der Waals surface area contributed by atoms with Gasteiger partial charge in [-0.05, 0) is 53.1 Å². The predicted molar refractivity (Wildman–Crippen MR) is 80.5 cm³/mol. The Kier molecular flexibility index (Phi) is 4.51. The van der Waals surface area contributed by atoms with Gasteiger partial charge in [0.15, 0.2) is 0 Å². The molecule has 1 fully saturated rings. The summed E-state index contributed by atoms with van der Waals surface area (Å²) < 4.78 is 0.756. The van der Waals surface area contributed by atoms with Crippen molar-refractivity contribution in [3.8, 4) is 0 Å². The molecule has 0 atom stereocenters. The fourth-order valence-corrected chi connectivity index (χ4v) is 2.91. The van der Waals surface area contributed by atoms with Gasteiger partial charge >= 0.3 is 0 Å². The van der Waals surface area contributed by atoms with Crippen molar-refractivity contribution < 1.29 is 4.79 Å². The van der Waals surface area contributed by atoms with E-state index in [0.717, 1.165) is 30.2 Å². The summed E-state index contributed by atoms with van der Waals surface area (Å²) in [5.74, 6) is -0.136. The summed E-state index contributed by atoms with van der Waals surface area (Å²) in [7, 11) is 0. The molecular formula is C14H18BrClN2O. The average molecular weight is 346 g/mol. The number of amides is 1. The first-order chi connectivity index (χ1) is 8.87. The summed E-state index contributed by atoms with van der Waals surface area (Å²) in [4.78, 5) is 16.2. The van der Waals surface area contributed by atoms with Crippen LogP contribution in [0.2, 0.25) is 5.15 Å². The Morgan fingerprint density at radius 2 is 2.11 bits per heavy atom. The van der Waals surface area contributed by atoms with E-state index in [1.54, 1.807) is 12.3 Å². The average Bonchev–Trinajstić information content (AvgIpc) is 2.35. The molecular weight excluding hydrogens is 328 g/mol. The molecule has 0 bridgehead atoms. The molecule has 5 heteroatoms. The number of rotatable bonds is 2. The second kappa shape index (κ2) is 5.80. The van der Waals surface area contributed by atoms with Gasteiger partial charge in [-0.3, -0.25) is 4.79 Å². The Balaban J connectivity index is 2.00. The first-order valence-corrected chi connectivity index (χ1v) is 7.66. The van der Waals surface area contributed by atoms with Gasteiger partial charge in [0.2, 0.25) is 0 Å². The van der Waals surface area contributed by atoms with Crippen LogP contribution in [-0.2, 0) is 0 Å². The van der Waals surface area contributed by atoms with Gasteiger partial charge in [0.1, 0.15) is 5.15 Å². The summed E-state index contributed by atoms with van der Waals surface area (Å²) in [6, 6.07) is 1.95. The molecule has 19 heavy (non-hydrogen) atoms. The summed E-state index contributed by atoms with van der Waals surface area (Å²) in [6.45, 7) is 4.56. The van der Waals surface area contributed by atoms with E-state index in [9.17, 15) is 4.79 Å². The minimum Gasteiger partial charge on any atom is -0.349 e. The number of carbonyl (C=O) groups excluding carboxylic acids is 1. The van der Waals surface area contributed by atoms with E-state index >= 15 is 0 Å². The number of hydrogen-bond donors (Lipinski definition) is 1. The molecule has 2 rings (SSSR count). The van der Waals surface area contributed by atoms with Crippen LogP contribution in [-0.4, -0.2) is 16.9 Å². The predicted octanol–water partition coefficient (Wildman–Crippen LogP) is 4.20. The molecule has 1 amide bonds. The molecule has 1 N–H and O–H groups in total. The molecule has 1 aromatic rings. The van der Waals surface area contributed by atoms with Gasteiger partial charge in [-0.2, -0.15) is 0 Å². The summed E-state index contributed by atoms with van der Waals surface area (Å²) in [6.07, 6.45) is 5.92. The van der Waals surface area contributed by atoms with Crippen LogP contribution in [0.25, 0.3) is 0 Å². The van der Waals surface area contributed by atoms with Crippen molar-refractivity contribution >= 4 is 33.4 Å². The van der Waals surface area contributed by atoms with Crippen LogP contribution in [0.15, 0.2) is 16.7 Å². The molecule has 0 spiro atoms. The Morgan fingerprint density at radius 3 is 2.74 bits per heavy atom. The third kappa shape index (κ3) is 3.93. The lowest BCUT2D eigenvalue weighted by Crippen LogP contribution is -2.39. The Bertz CT molecular complexity index is 480. The number of nitrogens with zero attached hydrogens (tertiary/aromatic N) is 1. The smallest absolute Gasteiger partial charge is 0.254 e. The van der Waals surface area contributed by atoms with Gasteiger partial charge in [-0.25, -0.2) is 4.98 Å². The topological polar surface area (TPSA) is 42.0 Å². The monoisotopic (exact) mass is 344 g/mol. The van der Waals surface area contributed by atoms with E-state index in [1.165, 1.54) is 0 Å². The SMILES string of the molecule is CC1(C)CCC(NC(=O)c2cc(Br)cnc2Cl)CC1. The molecule has 1 aromatic heterocycles. The lowest BCUT2D eigenvalue weighted by Gasteiger charge is -2.34. The Hall–Kier alpha value is -0.610. The molecule has 1 saturated carbocycles. The van der Waals surface area contributed by atoms with E-state index in [1.807, 2.05) is 0 Å². The van der Waals surface area contributed by atoms with Crippen LogP contribution in [0.3, 0.4) is 0 Å². The molecule has 1 aliphatic rings. The third-order valence-corrected chi connectivity index (χ3v) is 4.46.